The second-order valence-corrected chi connectivity index (χ2v) is 6.05. The van der Waals surface area contributed by atoms with Crippen LogP contribution in [0.4, 0.5) is 13.2 Å². The van der Waals surface area contributed by atoms with E-state index in [-0.39, 0.29) is 18.2 Å². The molecule has 6 nitrogen and oxygen atoms in total. The van der Waals surface area contributed by atoms with Crippen molar-refractivity contribution < 1.29 is 23.1 Å². The largest absolute Gasteiger partial charge is 0.417 e. The maximum Gasteiger partial charge on any atom is 0.417 e. The van der Waals surface area contributed by atoms with E-state index < -0.39 is 11.7 Å². The first-order chi connectivity index (χ1) is 11.8. The average molecular weight is 356 g/mol. The van der Waals surface area contributed by atoms with Crippen LogP contribution in [0.3, 0.4) is 0 Å². The Morgan fingerprint density at radius 3 is 2.52 bits per heavy atom. The SMILES string of the molecule is Cc1nc2ccc(C(F)(F)F)cn2c1C(=O)N1CCN(CCO)CC1. The lowest BCUT2D eigenvalue weighted by Gasteiger charge is -2.34. The maximum absolute atomic E-state index is 13.0. The number of alkyl halides is 3. The summed E-state index contributed by atoms with van der Waals surface area (Å²) in [5, 5.41) is 8.96. The number of aromatic nitrogens is 2. The first-order valence-electron chi connectivity index (χ1n) is 7.99. The molecule has 2 aromatic heterocycles. The van der Waals surface area contributed by atoms with Gasteiger partial charge in [-0.1, -0.05) is 0 Å². The molecule has 136 valence electrons. The summed E-state index contributed by atoms with van der Waals surface area (Å²) in [7, 11) is 0. The van der Waals surface area contributed by atoms with Gasteiger partial charge in [0.1, 0.15) is 11.3 Å². The standard InChI is InChI=1S/C16H19F3N4O2/c1-11-14(15(25)22-6-4-21(5-7-22)8-9-24)23-10-12(16(17,18)19)2-3-13(23)20-11/h2-3,10,24H,4-9H2,1H3. The highest BCUT2D eigenvalue weighted by Crippen LogP contribution is 2.30. The molecule has 0 atom stereocenters. The highest BCUT2D eigenvalue weighted by Gasteiger charge is 2.32. The number of nitrogens with zero attached hydrogens (tertiary/aromatic N) is 4. The minimum Gasteiger partial charge on any atom is -0.395 e. The quantitative estimate of drug-likeness (QED) is 0.904. The Balaban J connectivity index is 1.90. The molecule has 25 heavy (non-hydrogen) atoms. The van der Waals surface area contributed by atoms with Crippen LogP contribution in [0.5, 0.6) is 0 Å². The molecule has 0 unspecified atom stereocenters. The zero-order valence-corrected chi connectivity index (χ0v) is 13.8. The van der Waals surface area contributed by atoms with Crippen LogP contribution in [0.15, 0.2) is 18.3 Å². The van der Waals surface area contributed by atoms with Crippen LogP contribution in [0.1, 0.15) is 21.7 Å². The van der Waals surface area contributed by atoms with Crippen molar-refractivity contribution in [1.29, 1.82) is 0 Å². The Bertz CT molecular complexity index is 780. The van der Waals surface area contributed by atoms with Crippen molar-refractivity contribution in [3.63, 3.8) is 0 Å². The Kier molecular flexibility index (Phi) is 4.70. The third-order valence-electron chi connectivity index (χ3n) is 4.40. The van der Waals surface area contributed by atoms with Gasteiger partial charge in [0.2, 0.25) is 0 Å². The molecule has 0 bridgehead atoms. The molecule has 3 heterocycles. The number of aryl methyl sites for hydroxylation is 1. The van der Waals surface area contributed by atoms with Gasteiger partial charge >= 0.3 is 6.18 Å². The molecular weight excluding hydrogens is 337 g/mol. The summed E-state index contributed by atoms with van der Waals surface area (Å²) in [6, 6.07) is 2.23. The highest BCUT2D eigenvalue weighted by molar-refractivity contribution is 5.94. The molecule has 0 aromatic carbocycles. The Morgan fingerprint density at radius 1 is 1.24 bits per heavy atom. The summed E-state index contributed by atoms with van der Waals surface area (Å²) in [6.07, 6.45) is -3.56. The second-order valence-electron chi connectivity index (χ2n) is 6.05. The van der Waals surface area contributed by atoms with Gasteiger partial charge in [-0.15, -0.1) is 0 Å². The smallest absolute Gasteiger partial charge is 0.395 e. The van der Waals surface area contributed by atoms with Crippen LogP contribution in [-0.4, -0.2) is 69.5 Å². The van der Waals surface area contributed by atoms with Gasteiger partial charge in [-0.25, -0.2) is 4.98 Å². The maximum atomic E-state index is 13.0. The number of carbonyl (C=O) groups is 1. The van der Waals surface area contributed by atoms with E-state index in [1.54, 1.807) is 11.8 Å². The highest BCUT2D eigenvalue weighted by atomic mass is 19.4. The van der Waals surface area contributed by atoms with Gasteiger partial charge < -0.3 is 10.0 Å². The number of rotatable bonds is 3. The number of carbonyl (C=O) groups excluding carboxylic acids is 1. The molecule has 0 radical (unpaired) electrons. The molecule has 3 rings (SSSR count). The number of β-amino-alcohol motifs (C(OH)–C–C–N with tert-alkyl or cyclic N) is 1. The van der Waals surface area contributed by atoms with Crippen LogP contribution < -0.4 is 0 Å². The van der Waals surface area contributed by atoms with Gasteiger partial charge in [0.05, 0.1) is 17.9 Å². The zero-order chi connectivity index (χ0) is 18.2. The molecule has 0 saturated carbocycles. The minimum atomic E-state index is -4.48. The summed E-state index contributed by atoms with van der Waals surface area (Å²) in [5.41, 5.74) is 0.0609. The van der Waals surface area contributed by atoms with E-state index in [9.17, 15) is 18.0 Å². The second kappa shape index (κ2) is 6.64. The molecule has 1 saturated heterocycles. The van der Waals surface area contributed by atoms with Gasteiger partial charge in [-0.2, -0.15) is 13.2 Å². The van der Waals surface area contributed by atoms with Crippen molar-refractivity contribution in [2.45, 2.75) is 13.1 Å². The van der Waals surface area contributed by atoms with Gasteiger partial charge in [0.25, 0.3) is 5.91 Å². The molecule has 0 aliphatic carbocycles. The fraction of sp³-hybridized carbons (Fsp3) is 0.500. The lowest BCUT2D eigenvalue weighted by atomic mass is 10.2. The molecule has 1 aliphatic rings. The van der Waals surface area contributed by atoms with Crippen LogP contribution in [0, 0.1) is 6.92 Å². The van der Waals surface area contributed by atoms with Gasteiger partial charge in [-0.3, -0.25) is 14.1 Å². The lowest BCUT2D eigenvalue weighted by molar-refractivity contribution is -0.137. The van der Waals surface area contributed by atoms with E-state index in [1.807, 2.05) is 4.90 Å². The molecule has 0 spiro atoms. The van der Waals surface area contributed by atoms with Gasteiger partial charge in [-0.05, 0) is 19.1 Å². The first-order valence-corrected chi connectivity index (χ1v) is 7.99. The first kappa shape index (κ1) is 17.7. The number of fused-ring (bicyclic) bond motifs is 1. The van der Waals surface area contributed by atoms with Crippen molar-refractivity contribution in [2.75, 3.05) is 39.3 Å². The van der Waals surface area contributed by atoms with E-state index in [4.69, 9.17) is 5.11 Å². The van der Waals surface area contributed by atoms with Gasteiger partial charge in [0.15, 0.2) is 0 Å². The fourth-order valence-electron chi connectivity index (χ4n) is 3.05. The summed E-state index contributed by atoms with van der Waals surface area (Å²) in [6.45, 7) is 4.39. The van der Waals surface area contributed by atoms with Crippen LogP contribution in [0.2, 0.25) is 0 Å². The van der Waals surface area contributed by atoms with E-state index in [1.165, 1.54) is 10.5 Å². The monoisotopic (exact) mass is 356 g/mol. The fourth-order valence-corrected chi connectivity index (χ4v) is 3.05. The van der Waals surface area contributed by atoms with E-state index in [0.717, 1.165) is 12.3 Å². The van der Waals surface area contributed by atoms with Crippen molar-refractivity contribution >= 4 is 11.6 Å². The molecular formula is C16H19F3N4O2. The number of hydrogen-bond donors (Lipinski definition) is 1. The number of hydrogen-bond acceptors (Lipinski definition) is 4. The Labute approximate surface area is 142 Å². The number of aliphatic hydroxyl groups is 1. The molecule has 9 heteroatoms. The Morgan fingerprint density at radius 2 is 1.92 bits per heavy atom. The molecule has 1 aliphatic heterocycles. The molecule has 1 N–H and O–H groups in total. The lowest BCUT2D eigenvalue weighted by Crippen LogP contribution is -2.49. The average Bonchev–Trinajstić information content (AvgIpc) is 2.89. The third-order valence-corrected chi connectivity index (χ3v) is 4.40. The number of halogens is 3. The van der Waals surface area contributed by atoms with Crippen LogP contribution in [-0.2, 0) is 6.18 Å². The normalized spacial score (nSPS) is 16.6. The van der Waals surface area contributed by atoms with E-state index >= 15 is 0 Å². The third kappa shape index (κ3) is 3.47. The van der Waals surface area contributed by atoms with Crippen molar-refractivity contribution in [3.8, 4) is 0 Å². The molecule has 1 amide bonds. The van der Waals surface area contributed by atoms with Crippen LogP contribution in [0.25, 0.3) is 5.65 Å². The molecule has 1 fully saturated rings. The predicted octanol–water partition coefficient (Wildman–Crippen LogP) is 1.41. The number of piperazine rings is 1. The van der Waals surface area contributed by atoms with Crippen molar-refractivity contribution in [1.82, 2.24) is 19.2 Å². The predicted molar refractivity (Wildman–Crippen MR) is 84.4 cm³/mol. The van der Waals surface area contributed by atoms with Crippen molar-refractivity contribution in [2.24, 2.45) is 0 Å². The van der Waals surface area contributed by atoms with E-state index in [2.05, 4.69) is 4.98 Å². The minimum absolute atomic E-state index is 0.0561. The number of aliphatic hydroxyl groups excluding tert-OH is 1. The number of amides is 1. The Hall–Kier alpha value is -2.13. The number of imidazole rings is 1. The summed E-state index contributed by atoms with van der Waals surface area (Å²) < 4.78 is 40.1. The molecule has 2 aromatic rings. The summed E-state index contributed by atoms with van der Waals surface area (Å²) in [5.74, 6) is -0.326. The summed E-state index contributed by atoms with van der Waals surface area (Å²) >= 11 is 0. The van der Waals surface area contributed by atoms with Crippen molar-refractivity contribution in [3.05, 3.63) is 35.3 Å². The van der Waals surface area contributed by atoms with E-state index in [0.29, 0.717) is 44.1 Å². The van der Waals surface area contributed by atoms with Gasteiger partial charge in [0, 0.05) is 38.9 Å². The zero-order valence-electron chi connectivity index (χ0n) is 13.8. The number of pyridine rings is 1. The topological polar surface area (TPSA) is 61.1 Å². The summed E-state index contributed by atoms with van der Waals surface area (Å²) in [4.78, 5) is 20.7. The van der Waals surface area contributed by atoms with Crippen LogP contribution >= 0.6 is 0 Å².